The Kier molecular flexibility index (Phi) is 4.91. The Hall–Kier alpha value is -0.410. The maximum absolute atomic E-state index is 12.6. The van der Waals surface area contributed by atoms with Crippen LogP contribution in [0.2, 0.25) is 0 Å². The molecule has 1 aromatic heterocycles. The van der Waals surface area contributed by atoms with E-state index in [2.05, 4.69) is 20.8 Å². The van der Waals surface area contributed by atoms with Gasteiger partial charge in [-0.05, 0) is 42.4 Å². The molecule has 1 atom stereocenters. The summed E-state index contributed by atoms with van der Waals surface area (Å²) in [5, 5.41) is 9.03. The van der Waals surface area contributed by atoms with Crippen molar-refractivity contribution in [1.29, 1.82) is 0 Å². The van der Waals surface area contributed by atoms with Gasteiger partial charge in [0.25, 0.3) is 0 Å². The molecule has 0 amide bonds. The van der Waals surface area contributed by atoms with Crippen LogP contribution in [0.5, 0.6) is 0 Å². The normalized spacial score (nSPS) is 21.6. The van der Waals surface area contributed by atoms with E-state index in [9.17, 15) is 8.42 Å². The lowest BCUT2D eigenvalue weighted by Crippen LogP contribution is -2.47. The van der Waals surface area contributed by atoms with Crippen LogP contribution in [0.25, 0.3) is 0 Å². The van der Waals surface area contributed by atoms with Gasteiger partial charge < -0.3 is 14.4 Å². The molecule has 0 saturated carbocycles. The van der Waals surface area contributed by atoms with Crippen LogP contribution in [0.15, 0.2) is 20.0 Å². The Balaban J connectivity index is 2.26. The molecule has 1 aliphatic rings. The number of aliphatic hydroxyl groups excluding tert-OH is 1. The highest BCUT2D eigenvalue weighted by molar-refractivity contribution is 9.10. The van der Waals surface area contributed by atoms with E-state index in [0.29, 0.717) is 0 Å². The second-order valence-electron chi connectivity index (χ2n) is 5.09. The van der Waals surface area contributed by atoms with Gasteiger partial charge in [0.05, 0.1) is 0 Å². The van der Waals surface area contributed by atoms with Gasteiger partial charge in [0.15, 0.2) is 4.67 Å². The van der Waals surface area contributed by atoms with Gasteiger partial charge in [-0.15, -0.1) is 0 Å². The van der Waals surface area contributed by atoms with Gasteiger partial charge in [0, 0.05) is 25.7 Å². The Bertz CT molecular complexity index is 572. The minimum absolute atomic E-state index is 0.0434. The lowest BCUT2D eigenvalue weighted by atomic mass is 10.1. The van der Waals surface area contributed by atoms with Crippen molar-refractivity contribution in [3.05, 3.63) is 16.5 Å². The van der Waals surface area contributed by atoms with E-state index >= 15 is 0 Å². The number of nitrogens with zero attached hydrogens (tertiary/aromatic N) is 2. The second kappa shape index (κ2) is 6.15. The van der Waals surface area contributed by atoms with Crippen molar-refractivity contribution in [2.24, 2.45) is 0 Å². The molecule has 0 bridgehead atoms. The van der Waals surface area contributed by atoms with Crippen molar-refractivity contribution in [2.75, 3.05) is 27.2 Å². The van der Waals surface area contributed by atoms with Crippen molar-refractivity contribution in [1.82, 2.24) is 9.21 Å². The van der Waals surface area contributed by atoms with Crippen LogP contribution in [0.4, 0.5) is 0 Å². The standard InChI is InChI=1S/C12H19BrN2O4S/c1-14-5-3-4-9(7-14)15(2)20(17,18)11-6-10(8-16)19-12(11)13/h6,9,16H,3-5,7-8H2,1-2H3. The monoisotopic (exact) mass is 366 g/mol. The number of aliphatic hydroxyl groups is 1. The molecular formula is C12H19BrN2O4S. The first kappa shape index (κ1) is 16.0. The number of hydrogen-bond acceptors (Lipinski definition) is 5. The molecule has 8 heteroatoms. The number of hydrogen-bond donors (Lipinski definition) is 1. The van der Waals surface area contributed by atoms with Crippen LogP contribution >= 0.6 is 15.9 Å². The summed E-state index contributed by atoms with van der Waals surface area (Å²) < 4.78 is 31.9. The van der Waals surface area contributed by atoms with Gasteiger partial charge in [-0.3, -0.25) is 0 Å². The maximum atomic E-state index is 12.6. The molecule has 2 heterocycles. The van der Waals surface area contributed by atoms with E-state index in [4.69, 9.17) is 9.52 Å². The molecule has 0 radical (unpaired) electrons. The highest BCUT2D eigenvalue weighted by Crippen LogP contribution is 2.30. The fraction of sp³-hybridized carbons (Fsp3) is 0.667. The zero-order valence-corrected chi connectivity index (χ0v) is 13.9. The molecule has 6 nitrogen and oxygen atoms in total. The van der Waals surface area contributed by atoms with Crippen molar-refractivity contribution in [3.8, 4) is 0 Å². The molecule has 1 fully saturated rings. The van der Waals surface area contributed by atoms with Gasteiger partial charge in [-0.1, -0.05) is 0 Å². The number of furan rings is 1. The van der Waals surface area contributed by atoms with Crippen molar-refractivity contribution >= 4 is 26.0 Å². The summed E-state index contributed by atoms with van der Waals surface area (Å²) in [4.78, 5) is 2.20. The number of piperidine rings is 1. The maximum Gasteiger partial charge on any atom is 0.247 e. The first-order valence-corrected chi connectivity index (χ1v) is 8.65. The largest absolute Gasteiger partial charge is 0.450 e. The summed E-state index contributed by atoms with van der Waals surface area (Å²) in [7, 11) is -0.0422. The fourth-order valence-electron chi connectivity index (χ4n) is 2.44. The van der Waals surface area contributed by atoms with Gasteiger partial charge in [-0.25, -0.2) is 8.42 Å². The van der Waals surface area contributed by atoms with Crippen LogP contribution in [0.3, 0.4) is 0 Å². The second-order valence-corrected chi connectivity index (χ2v) is 7.77. The van der Waals surface area contributed by atoms with E-state index < -0.39 is 10.0 Å². The Morgan fingerprint density at radius 2 is 2.30 bits per heavy atom. The molecule has 0 aliphatic carbocycles. The average Bonchev–Trinajstić information content (AvgIpc) is 2.80. The van der Waals surface area contributed by atoms with Gasteiger partial charge in [0.2, 0.25) is 10.0 Å². The lowest BCUT2D eigenvalue weighted by Gasteiger charge is -2.34. The summed E-state index contributed by atoms with van der Waals surface area (Å²) >= 11 is 3.10. The summed E-state index contributed by atoms with van der Waals surface area (Å²) in [6.07, 6.45) is 1.83. The molecule has 20 heavy (non-hydrogen) atoms. The van der Waals surface area contributed by atoms with Crippen molar-refractivity contribution in [2.45, 2.75) is 30.4 Å². The Morgan fingerprint density at radius 3 is 2.85 bits per heavy atom. The van der Waals surface area contributed by atoms with E-state index in [1.54, 1.807) is 7.05 Å². The number of rotatable bonds is 4. The molecule has 114 valence electrons. The summed E-state index contributed by atoms with van der Waals surface area (Å²) in [5.41, 5.74) is 0. The highest BCUT2D eigenvalue weighted by atomic mass is 79.9. The van der Waals surface area contributed by atoms with E-state index in [1.165, 1.54) is 10.4 Å². The van der Waals surface area contributed by atoms with Crippen molar-refractivity contribution < 1.29 is 17.9 Å². The number of sulfonamides is 1. The molecule has 0 aromatic carbocycles. The predicted molar refractivity (Wildman–Crippen MR) is 77.8 cm³/mol. The number of likely N-dealkylation sites (N-methyl/N-ethyl adjacent to an activating group) is 2. The minimum atomic E-state index is -3.63. The lowest BCUT2D eigenvalue weighted by molar-refractivity contribution is 0.187. The van der Waals surface area contributed by atoms with Crippen molar-refractivity contribution in [3.63, 3.8) is 0 Å². The van der Waals surface area contributed by atoms with Gasteiger partial charge >= 0.3 is 0 Å². The fourth-order valence-corrected chi connectivity index (χ4v) is 4.77. The SMILES string of the molecule is CN1CCCC(N(C)S(=O)(=O)c2cc(CO)oc2Br)C1. The third kappa shape index (κ3) is 3.09. The van der Waals surface area contributed by atoms with E-state index in [0.717, 1.165) is 25.9 Å². The zero-order valence-electron chi connectivity index (χ0n) is 11.5. The minimum Gasteiger partial charge on any atom is -0.450 e. The third-order valence-corrected chi connectivity index (χ3v) is 6.40. The van der Waals surface area contributed by atoms with Crippen LogP contribution in [0, 0.1) is 0 Å². The van der Waals surface area contributed by atoms with E-state index in [1.807, 2.05) is 7.05 Å². The molecule has 0 spiro atoms. The van der Waals surface area contributed by atoms with Gasteiger partial charge in [0.1, 0.15) is 17.3 Å². The van der Waals surface area contributed by atoms with Crippen LogP contribution < -0.4 is 0 Å². The van der Waals surface area contributed by atoms with Crippen LogP contribution in [0.1, 0.15) is 18.6 Å². The summed E-state index contributed by atoms with van der Waals surface area (Å²) in [6.45, 7) is 1.39. The predicted octanol–water partition coefficient (Wildman–Crippen LogP) is 1.25. The highest BCUT2D eigenvalue weighted by Gasteiger charge is 2.33. The average molecular weight is 367 g/mol. The topological polar surface area (TPSA) is 74.0 Å². The Labute approximate surface area is 127 Å². The summed E-state index contributed by atoms with van der Waals surface area (Å²) in [6, 6.07) is 1.32. The molecule has 1 N–H and O–H groups in total. The first-order valence-electron chi connectivity index (χ1n) is 6.42. The Morgan fingerprint density at radius 1 is 1.60 bits per heavy atom. The first-order chi connectivity index (χ1) is 9.36. The smallest absolute Gasteiger partial charge is 0.247 e. The summed E-state index contributed by atoms with van der Waals surface area (Å²) in [5.74, 6) is 0.226. The number of halogens is 1. The molecule has 2 rings (SSSR count). The number of likely N-dealkylation sites (tertiary alicyclic amines) is 1. The van der Waals surface area contributed by atoms with E-state index in [-0.39, 0.29) is 28.0 Å². The van der Waals surface area contributed by atoms with Crippen LogP contribution in [-0.2, 0) is 16.6 Å². The zero-order chi connectivity index (χ0) is 14.9. The van der Waals surface area contributed by atoms with Crippen LogP contribution in [-0.4, -0.2) is 56.0 Å². The molecular weight excluding hydrogens is 348 g/mol. The molecule has 1 aromatic rings. The molecule has 1 unspecified atom stereocenters. The van der Waals surface area contributed by atoms with Gasteiger partial charge in [-0.2, -0.15) is 4.31 Å². The molecule has 1 saturated heterocycles. The quantitative estimate of drug-likeness (QED) is 0.867. The molecule has 1 aliphatic heterocycles. The third-order valence-electron chi connectivity index (χ3n) is 3.63.